The molecule has 3 aromatic carbocycles. The topological polar surface area (TPSA) is 82.9 Å². The van der Waals surface area contributed by atoms with Gasteiger partial charge in [-0.25, -0.2) is 0 Å². The Morgan fingerprint density at radius 3 is 2.00 bits per heavy atom. The molecule has 0 atom stereocenters. The predicted octanol–water partition coefficient (Wildman–Crippen LogP) is 6.22. The number of unbranched alkanes of at least 4 members (excludes halogenated alkanes) is 9. The Morgan fingerprint density at radius 2 is 1.34 bits per heavy atom. The lowest BCUT2D eigenvalue weighted by molar-refractivity contribution is 0.556. The molecule has 0 radical (unpaired) electrons. The number of hydrogen-bond donors (Lipinski definition) is 2. The van der Waals surface area contributed by atoms with Gasteiger partial charge in [0.05, 0.1) is 11.4 Å². The average molecular weight is 515 g/mol. The van der Waals surface area contributed by atoms with Gasteiger partial charge in [-0.3, -0.25) is 20.4 Å². The van der Waals surface area contributed by atoms with E-state index in [0.29, 0.717) is 0 Å². The first kappa shape index (κ1) is 29.0. The van der Waals surface area contributed by atoms with Crippen LogP contribution >= 0.6 is 0 Å². The van der Waals surface area contributed by atoms with E-state index in [1.54, 1.807) is 0 Å². The first-order valence-electron chi connectivity index (χ1n) is 14.1. The van der Waals surface area contributed by atoms with Crippen LogP contribution in [0.3, 0.4) is 0 Å². The van der Waals surface area contributed by atoms with Crippen molar-refractivity contribution in [2.75, 3.05) is 10.9 Å². The lowest BCUT2D eigenvalue weighted by atomic mass is 10.0. The van der Waals surface area contributed by atoms with E-state index in [0.717, 1.165) is 28.9 Å². The van der Waals surface area contributed by atoms with E-state index in [9.17, 15) is 9.59 Å². The SMILES string of the molecule is CCCCCCCCCCCCc1ccc(NN=c2c(=O)ccc(=NNc3ccc(C)cc3C)c2=O)cc1. The predicted molar refractivity (Wildman–Crippen MR) is 158 cm³/mol. The lowest BCUT2D eigenvalue weighted by Gasteiger charge is -2.05. The number of nitrogens with zero attached hydrogens (tertiary/aromatic N) is 2. The van der Waals surface area contributed by atoms with Crippen LogP contribution in [0.1, 0.15) is 87.8 Å². The van der Waals surface area contributed by atoms with Crippen LogP contribution in [-0.2, 0) is 6.42 Å². The van der Waals surface area contributed by atoms with Gasteiger partial charge in [0.2, 0.25) is 10.9 Å². The van der Waals surface area contributed by atoms with Crippen LogP contribution in [0.5, 0.6) is 0 Å². The van der Waals surface area contributed by atoms with E-state index in [4.69, 9.17) is 0 Å². The van der Waals surface area contributed by atoms with Gasteiger partial charge in [-0.15, -0.1) is 0 Å². The van der Waals surface area contributed by atoms with Crippen LogP contribution in [0.2, 0.25) is 0 Å². The standard InChI is InChI=1S/C32H42N4O2/c1-4-5-6-7-8-9-10-11-12-13-14-26-16-18-27(19-17-26)33-36-31-30(37)22-21-29(32(31)38)35-34-28-20-15-24(2)23-25(28)3/h15-23,33-34H,4-14H2,1-3H3. The Morgan fingerprint density at radius 1 is 0.684 bits per heavy atom. The first-order chi connectivity index (χ1) is 18.5. The molecule has 3 rings (SSSR count). The molecule has 0 spiro atoms. The van der Waals surface area contributed by atoms with Crippen LogP contribution in [0.25, 0.3) is 0 Å². The second-order valence-electron chi connectivity index (χ2n) is 10.2. The summed E-state index contributed by atoms with van der Waals surface area (Å²) in [5.74, 6) is 0. The summed E-state index contributed by atoms with van der Waals surface area (Å²) in [6.45, 7) is 6.25. The number of anilines is 2. The summed E-state index contributed by atoms with van der Waals surface area (Å²) >= 11 is 0. The van der Waals surface area contributed by atoms with Crippen molar-refractivity contribution < 1.29 is 0 Å². The van der Waals surface area contributed by atoms with Gasteiger partial charge in [-0.05, 0) is 68.1 Å². The maximum Gasteiger partial charge on any atom is 0.237 e. The number of hydrogen-bond acceptors (Lipinski definition) is 6. The van der Waals surface area contributed by atoms with E-state index < -0.39 is 10.9 Å². The highest BCUT2D eigenvalue weighted by atomic mass is 16.1. The summed E-state index contributed by atoms with van der Waals surface area (Å²) in [5.41, 5.74) is 9.80. The zero-order valence-corrected chi connectivity index (χ0v) is 23.2. The molecule has 0 saturated heterocycles. The normalized spacial score (nSPS) is 12.2. The number of benzene rings is 3. The summed E-state index contributed by atoms with van der Waals surface area (Å²) in [6.07, 6.45) is 14.4. The quantitative estimate of drug-likeness (QED) is 0.186. The summed E-state index contributed by atoms with van der Waals surface area (Å²) in [7, 11) is 0. The Balaban J connectivity index is 1.51. The molecule has 6 heteroatoms. The zero-order valence-electron chi connectivity index (χ0n) is 23.2. The minimum atomic E-state index is -0.514. The Kier molecular flexibility index (Phi) is 12.0. The van der Waals surface area contributed by atoms with E-state index in [2.05, 4.69) is 40.1 Å². The number of nitrogens with one attached hydrogen (secondary N) is 2. The molecular weight excluding hydrogens is 472 g/mol. The van der Waals surface area contributed by atoms with Crippen molar-refractivity contribution >= 4 is 11.4 Å². The Bertz CT molecular complexity index is 1370. The molecule has 202 valence electrons. The molecule has 0 heterocycles. The molecule has 0 bridgehead atoms. The molecule has 0 fully saturated rings. The van der Waals surface area contributed by atoms with Crippen molar-refractivity contribution in [1.29, 1.82) is 0 Å². The molecule has 2 N–H and O–H groups in total. The molecule has 0 saturated carbocycles. The molecule has 0 unspecified atom stereocenters. The van der Waals surface area contributed by atoms with Gasteiger partial charge in [0, 0.05) is 0 Å². The van der Waals surface area contributed by atoms with Crippen molar-refractivity contribution in [3.05, 3.63) is 102 Å². The molecule has 6 nitrogen and oxygen atoms in total. The molecule has 0 aliphatic heterocycles. The third kappa shape index (κ3) is 9.40. The third-order valence-electron chi connectivity index (χ3n) is 6.82. The van der Waals surface area contributed by atoms with Crippen LogP contribution in [0, 0.1) is 13.8 Å². The molecule has 0 aliphatic rings. The number of rotatable bonds is 15. The van der Waals surface area contributed by atoms with E-state index in [1.165, 1.54) is 81.9 Å². The molecule has 3 aromatic rings. The summed E-state index contributed by atoms with van der Waals surface area (Å²) in [5, 5.41) is 8.29. The summed E-state index contributed by atoms with van der Waals surface area (Å²) in [6, 6.07) is 16.7. The van der Waals surface area contributed by atoms with Gasteiger partial charge in [0.25, 0.3) is 0 Å². The second-order valence-corrected chi connectivity index (χ2v) is 10.2. The van der Waals surface area contributed by atoms with Gasteiger partial charge in [-0.1, -0.05) is 94.5 Å². The Hall–Kier alpha value is -3.54. The van der Waals surface area contributed by atoms with Crippen molar-refractivity contribution in [3.8, 4) is 0 Å². The van der Waals surface area contributed by atoms with Gasteiger partial charge >= 0.3 is 0 Å². The minimum absolute atomic E-state index is 0.136. The lowest BCUT2D eigenvalue weighted by Crippen LogP contribution is -2.47. The fourth-order valence-corrected chi connectivity index (χ4v) is 4.48. The minimum Gasteiger partial charge on any atom is -0.287 e. The van der Waals surface area contributed by atoms with E-state index in [-0.39, 0.29) is 10.7 Å². The van der Waals surface area contributed by atoms with Crippen molar-refractivity contribution in [3.63, 3.8) is 0 Å². The van der Waals surface area contributed by atoms with Gasteiger partial charge in [0.15, 0.2) is 5.36 Å². The molecular formula is C32H42N4O2. The first-order valence-corrected chi connectivity index (χ1v) is 14.1. The zero-order chi connectivity index (χ0) is 27.2. The maximum atomic E-state index is 12.8. The van der Waals surface area contributed by atoms with Crippen LogP contribution < -0.4 is 32.4 Å². The molecule has 0 amide bonds. The highest BCUT2D eigenvalue weighted by Crippen LogP contribution is 2.16. The van der Waals surface area contributed by atoms with Crippen LogP contribution in [0.15, 0.2) is 74.4 Å². The van der Waals surface area contributed by atoms with Crippen LogP contribution in [-0.4, -0.2) is 0 Å². The summed E-state index contributed by atoms with van der Waals surface area (Å²) in [4.78, 5) is 25.1. The molecule has 0 aliphatic carbocycles. The molecule has 0 aromatic heterocycles. The highest BCUT2D eigenvalue weighted by Gasteiger charge is 2.03. The molecule has 38 heavy (non-hydrogen) atoms. The average Bonchev–Trinajstić information content (AvgIpc) is 2.91. The largest absolute Gasteiger partial charge is 0.287 e. The van der Waals surface area contributed by atoms with E-state index in [1.807, 2.05) is 44.2 Å². The monoisotopic (exact) mass is 514 g/mol. The van der Waals surface area contributed by atoms with Crippen molar-refractivity contribution in [2.45, 2.75) is 91.4 Å². The second kappa shape index (κ2) is 15.7. The van der Waals surface area contributed by atoms with Gasteiger partial charge in [-0.2, -0.15) is 10.2 Å². The highest BCUT2D eigenvalue weighted by molar-refractivity contribution is 5.51. The Labute approximate surface area is 226 Å². The fourth-order valence-electron chi connectivity index (χ4n) is 4.48. The number of aryl methyl sites for hydroxylation is 3. The third-order valence-corrected chi connectivity index (χ3v) is 6.82. The van der Waals surface area contributed by atoms with Gasteiger partial charge in [0.1, 0.15) is 5.36 Å². The van der Waals surface area contributed by atoms with Crippen molar-refractivity contribution in [2.24, 2.45) is 10.2 Å². The summed E-state index contributed by atoms with van der Waals surface area (Å²) < 4.78 is 0. The fraction of sp³-hybridized carbons (Fsp3) is 0.438. The smallest absolute Gasteiger partial charge is 0.237 e. The van der Waals surface area contributed by atoms with Crippen LogP contribution in [0.4, 0.5) is 11.4 Å². The van der Waals surface area contributed by atoms with Gasteiger partial charge < -0.3 is 0 Å². The maximum absolute atomic E-state index is 12.8. The van der Waals surface area contributed by atoms with Crippen molar-refractivity contribution in [1.82, 2.24) is 0 Å². The van der Waals surface area contributed by atoms with E-state index >= 15 is 0 Å².